The van der Waals surface area contributed by atoms with Crippen molar-refractivity contribution in [2.45, 2.75) is 57.5 Å². The number of carbonyl (C=O) groups excluding carboxylic acids is 1. The van der Waals surface area contributed by atoms with Crippen LogP contribution in [0.1, 0.15) is 51.3 Å². The zero-order chi connectivity index (χ0) is 20.0. The summed E-state index contributed by atoms with van der Waals surface area (Å²) < 4.78 is 0. The molecule has 2 aromatic rings. The molecule has 1 aromatic heterocycles. The summed E-state index contributed by atoms with van der Waals surface area (Å²) in [6, 6.07) is 7.35. The SMILES string of the molecule is CCN(CC(=O)NC12CC3CC(CC(C3)C1)C2)Cc1nc2ccccc2c(=O)[nH]1. The maximum Gasteiger partial charge on any atom is 0.258 e. The second kappa shape index (κ2) is 7.24. The van der Waals surface area contributed by atoms with Gasteiger partial charge in [-0.05, 0) is 75.0 Å². The van der Waals surface area contributed by atoms with Crippen molar-refractivity contribution in [1.82, 2.24) is 20.2 Å². The number of nitrogens with one attached hydrogen (secondary N) is 2. The summed E-state index contributed by atoms with van der Waals surface area (Å²) in [6.45, 7) is 3.57. The number of rotatable bonds is 6. The van der Waals surface area contributed by atoms with Crippen LogP contribution in [0.25, 0.3) is 10.9 Å². The van der Waals surface area contributed by atoms with E-state index >= 15 is 0 Å². The first-order chi connectivity index (χ1) is 14.0. The molecule has 4 aliphatic carbocycles. The Hall–Kier alpha value is -2.21. The Morgan fingerprint density at radius 1 is 1.17 bits per heavy atom. The Morgan fingerprint density at radius 3 is 2.48 bits per heavy atom. The number of para-hydroxylation sites is 1. The largest absolute Gasteiger partial charge is 0.350 e. The predicted octanol–water partition coefficient (Wildman–Crippen LogP) is 2.83. The first-order valence-electron chi connectivity index (χ1n) is 11.0. The van der Waals surface area contributed by atoms with Crippen LogP contribution in [0.4, 0.5) is 0 Å². The molecule has 0 aliphatic heterocycles. The lowest BCUT2D eigenvalue weighted by Gasteiger charge is -2.57. The van der Waals surface area contributed by atoms with E-state index in [0.29, 0.717) is 29.8 Å². The van der Waals surface area contributed by atoms with Crippen molar-refractivity contribution in [3.63, 3.8) is 0 Å². The van der Waals surface area contributed by atoms with Gasteiger partial charge >= 0.3 is 0 Å². The zero-order valence-electron chi connectivity index (χ0n) is 17.1. The number of nitrogens with zero attached hydrogens (tertiary/aromatic N) is 2. The van der Waals surface area contributed by atoms with Gasteiger partial charge in [0.2, 0.25) is 5.91 Å². The van der Waals surface area contributed by atoms with Crippen LogP contribution < -0.4 is 10.9 Å². The van der Waals surface area contributed by atoms with Crippen LogP contribution in [-0.2, 0) is 11.3 Å². The van der Waals surface area contributed by atoms with Gasteiger partial charge in [0.15, 0.2) is 0 Å². The van der Waals surface area contributed by atoms with E-state index in [1.807, 2.05) is 30.0 Å². The molecule has 29 heavy (non-hydrogen) atoms. The van der Waals surface area contributed by atoms with E-state index in [1.54, 1.807) is 6.07 Å². The number of likely N-dealkylation sites (N-methyl/N-ethyl adjacent to an activating group) is 1. The highest BCUT2D eigenvalue weighted by Crippen LogP contribution is 2.55. The highest BCUT2D eigenvalue weighted by atomic mass is 16.2. The molecule has 0 saturated heterocycles. The third-order valence-electron chi connectivity index (χ3n) is 7.29. The minimum atomic E-state index is -0.125. The van der Waals surface area contributed by atoms with Crippen LogP contribution >= 0.6 is 0 Å². The summed E-state index contributed by atoms with van der Waals surface area (Å²) in [5.41, 5.74) is 0.612. The molecule has 4 fully saturated rings. The molecule has 4 bridgehead atoms. The number of hydrogen-bond acceptors (Lipinski definition) is 4. The monoisotopic (exact) mass is 394 g/mol. The molecule has 0 radical (unpaired) electrons. The van der Waals surface area contributed by atoms with Gasteiger partial charge in [-0.15, -0.1) is 0 Å². The van der Waals surface area contributed by atoms with Crippen LogP contribution in [-0.4, -0.2) is 39.4 Å². The Kier molecular flexibility index (Phi) is 4.69. The average Bonchev–Trinajstić information content (AvgIpc) is 2.66. The molecule has 0 spiro atoms. The van der Waals surface area contributed by atoms with Gasteiger partial charge in [-0.2, -0.15) is 0 Å². The summed E-state index contributed by atoms with van der Waals surface area (Å²) in [4.78, 5) is 34.7. The van der Waals surface area contributed by atoms with Gasteiger partial charge in [0.25, 0.3) is 5.56 Å². The first-order valence-corrected chi connectivity index (χ1v) is 11.0. The highest BCUT2D eigenvalue weighted by molar-refractivity contribution is 5.79. The van der Waals surface area contributed by atoms with E-state index in [1.165, 1.54) is 19.3 Å². The lowest BCUT2D eigenvalue weighted by atomic mass is 9.53. The Morgan fingerprint density at radius 2 is 1.83 bits per heavy atom. The van der Waals surface area contributed by atoms with E-state index in [9.17, 15) is 9.59 Å². The second-order valence-electron chi connectivity index (χ2n) is 9.58. The van der Waals surface area contributed by atoms with E-state index in [-0.39, 0.29) is 17.0 Å². The fourth-order valence-corrected chi connectivity index (χ4v) is 6.50. The topological polar surface area (TPSA) is 78.1 Å². The zero-order valence-corrected chi connectivity index (χ0v) is 17.1. The number of fused-ring (bicyclic) bond motifs is 1. The van der Waals surface area contributed by atoms with Crippen LogP contribution in [0.15, 0.2) is 29.1 Å². The minimum absolute atomic E-state index is 0.0424. The predicted molar refractivity (Wildman–Crippen MR) is 112 cm³/mol. The molecule has 4 saturated carbocycles. The first kappa shape index (κ1) is 18.8. The lowest BCUT2D eigenvalue weighted by molar-refractivity contribution is -0.128. The summed E-state index contributed by atoms with van der Waals surface area (Å²) in [5.74, 6) is 3.16. The fourth-order valence-electron chi connectivity index (χ4n) is 6.50. The van der Waals surface area contributed by atoms with Gasteiger partial charge in [0.05, 0.1) is 24.0 Å². The van der Waals surface area contributed by atoms with Crippen molar-refractivity contribution < 1.29 is 4.79 Å². The third-order valence-corrected chi connectivity index (χ3v) is 7.29. The van der Waals surface area contributed by atoms with E-state index < -0.39 is 0 Å². The molecule has 0 unspecified atom stereocenters. The summed E-state index contributed by atoms with van der Waals surface area (Å²) >= 11 is 0. The summed E-state index contributed by atoms with van der Waals surface area (Å²) in [6.07, 6.45) is 7.61. The van der Waals surface area contributed by atoms with Gasteiger partial charge in [-0.1, -0.05) is 19.1 Å². The molecule has 1 aromatic carbocycles. The van der Waals surface area contributed by atoms with Crippen LogP contribution in [0, 0.1) is 17.8 Å². The summed E-state index contributed by atoms with van der Waals surface area (Å²) in [5, 5.41) is 4.04. The van der Waals surface area contributed by atoms with Gasteiger partial charge < -0.3 is 10.3 Å². The van der Waals surface area contributed by atoms with Gasteiger partial charge in [-0.25, -0.2) is 4.98 Å². The highest BCUT2D eigenvalue weighted by Gasteiger charge is 2.51. The normalized spacial score (nSPS) is 30.2. The quantitative estimate of drug-likeness (QED) is 0.790. The molecule has 6 heteroatoms. The number of H-pyrrole nitrogens is 1. The van der Waals surface area contributed by atoms with Crippen molar-refractivity contribution in [2.75, 3.05) is 13.1 Å². The molecule has 6 rings (SSSR count). The lowest BCUT2D eigenvalue weighted by Crippen LogP contribution is -2.60. The summed E-state index contributed by atoms with van der Waals surface area (Å²) in [7, 11) is 0. The molecule has 2 N–H and O–H groups in total. The number of aromatic amines is 1. The number of aromatic nitrogens is 2. The van der Waals surface area contributed by atoms with Crippen LogP contribution in [0.2, 0.25) is 0 Å². The molecule has 154 valence electrons. The maximum absolute atomic E-state index is 12.9. The molecule has 0 atom stereocenters. The van der Waals surface area contributed by atoms with Crippen molar-refractivity contribution in [3.8, 4) is 0 Å². The fraction of sp³-hybridized carbons (Fsp3) is 0.609. The molecule has 1 heterocycles. The molecule has 4 aliphatic rings. The van der Waals surface area contributed by atoms with E-state index in [4.69, 9.17) is 0 Å². The molecule has 6 nitrogen and oxygen atoms in total. The van der Waals surface area contributed by atoms with Crippen LogP contribution in [0.5, 0.6) is 0 Å². The van der Waals surface area contributed by atoms with Crippen molar-refractivity contribution in [1.29, 1.82) is 0 Å². The Bertz CT molecular complexity index is 947. The minimum Gasteiger partial charge on any atom is -0.350 e. The smallest absolute Gasteiger partial charge is 0.258 e. The van der Waals surface area contributed by atoms with E-state index in [0.717, 1.165) is 43.6 Å². The second-order valence-corrected chi connectivity index (χ2v) is 9.58. The van der Waals surface area contributed by atoms with E-state index in [2.05, 4.69) is 15.3 Å². The Labute approximate surface area is 171 Å². The number of benzene rings is 1. The van der Waals surface area contributed by atoms with Crippen molar-refractivity contribution in [3.05, 3.63) is 40.4 Å². The number of amides is 1. The van der Waals surface area contributed by atoms with Crippen molar-refractivity contribution in [2.24, 2.45) is 17.8 Å². The molecular weight excluding hydrogens is 364 g/mol. The van der Waals surface area contributed by atoms with Gasteiger partial charge in [0.1, 0.15) is 5.82 Å². The Balaban J connectivity index is 1.26. The standard InChI is InChI=1S/C23H30N4O2/c1-2-27(13-20-24-19-6-4-3-5-18(19)22(29)25-20)14-21(28)26-23-10-15-7-16(11-23)9-17(8-15)12-23/h3-6,15-17H,2,7-14H2,1H3,(H,26,28)(H,24,25,29). The maximum atomic E-state index is 12.9. The van der Waals surface area contributed by atoms with Gasteiger partial charge in [-0.3, -0.25) is 14.5 Å². The van der Waals surface area contributed by atoms with Crippen LogP contribution in [0.3, 0.4) is 0 Å². The average molecular weight is 395 g/mol. The third kappa shape index (κ3) is 3.70. The number of carbonyl (C=O) groups is 1. The molecule has 1 amide bonds. The van der Waals surface area contributed by atoms with Crippen molar-refractivity contribution >= 4 is 16.8 Å². The number of hydrogen-bond donors (Lipinski definition) is 2. The van der Waals surface area contributed by atoms with Gasteiger partial charge in [0, 0.05) is 5.54 Å². The molecular formula is C23H30N4O2.